The first kappa shape index (κ1) is 17.7. The third kappa shape index (κ3) is 4.69. The molecule has 0 saturated carbocycles. The van der Waals surface area contributed by atoms with E-state index in [0.717, 1.165) is 45.4 Å². The monoisotopic (exact) mass is 346 g/mol. The average molecular weight is 346 g/mol. The van der Waals surface area contributed by atoms with Crippen molar-refractivity contribution < 1.29 is 14.7 Å². The van der Waals surface area contributed by atoms with E-state index in [-0.39, 0.29) is 18.4 Å². The molecule has 1 atom stereocenters. The van der Waals surface area contributed by atoms with Crippen LogP contribution in [0.1, 0.15) is 25.7 Å². The van der Waals surface area contributed by atoms with Crippen LogP contribution in [0.3, 0.4) is 0 Å². The predicted octanol–water partition coefficient (Wildman–Crippen LogP) is 1.06. The van der Waals surface area contributed by atoms with Gasteiger partial charge in [-0.25, -0.2) is 0 Å². The SMILES string of the molecule is O=C(O)CC1CCCCN1C(=O)CN1CCN(c2ccncc2)CC1. The molecule has 7 nitrogen and oxygen atoms in total. The summed E-state index contributed by atoms with van der Waals surface area (Å²) in [5.74, 6) is -0.751. The Labute approximate surface area is 148 Å². The molecule has 7 heteroatoms. The summed E-state index contributed by atoms with van der Waals surface area (Å²) in [6, 6.07) is 3.87. The molecule has 2 aliphatic heterocycles. The van der Waals surface area contributed by atoms with E-state index in [4.69, 9.17) is 5.11 Å². The zero-order valence-corrected chi connectivity index (χ0v) is 14.5. The molecule has 1 aromatic heterocycles. The van der Waals surface area contributed by atoms with Crippen molar-refractivity contribution in [1.29, 1.82) is 0 Å². The van der Waals surface area contributed by atoms with E-state index < -0.39 is 5.97 Å². The van der Waals surface area contributed by atoms with Gasteiger partial charge in [-0.1, -0.05) is 0 Å². The van der Waals surface area contributed by atoms with Crippen molar-refractivity contribution in [2.75, 3.05) is 44.2 Å². The lowest BCUT2D eigenvalue weighted by Crippen LogP contribution is -2.52. The van der Waals surface area contributed by atoms with Crippen LogP contribution < -0.4 is 4.90 Å². The highest BCUT2D eigenvalue weighted by Gasteiger charge is 2.30. The Morgan fingerprint density at radius 2 is 1.80 bits per heavy atom. The molecule has 3 rings (SSSR count). The van der Waals surface area contributed by atoms with Gasteiger partial charge in [-0.05, 0) is 31.4 Å². The third-order valence-corrected chi connectivity index (χ3v) is 5.12. The van der Waals surface area contributed by atoms with Gasteiger partial charge in [-0.15, -0.1) is 0 Å². The maximum Gasteiger partial charge on any atom is 0.305 e. The summed E-state index contributed by atoms with van der Waals surface area (Å²) < 4.78 is 0. The van der Waals surface area contributed by atoms with Crippen LogP contribution in [0.25, 0.3) is 0 Å². The molecule has 3 heterocycles. The maximum atomic E-state index is 12.7. The van der Waals surface area contributed by atoms with Gasteiger partial charge in [-0.2, -0.15) is 0 Å². The minimum atomic E-state index is -0.823. The van der Waals surface area contributed by atoms with Crippen molar-refractivity contribution in [3.05, 3.63) is 24.5 Å². The molecule has 1 N–H and O–H groups in total. The highest BCUT2D eigenvalue weighted by molar-refractivity contribution is 5.79. The second-order valence-corrected chi connectivity index (χ2v) is 6.80. The Kier molecular flexibility index (Phi) is 5.86. The highest BCUT2D eigenvalue weighted by Crippen LogP contribution is 2.21. The van der Waals surface area contributed by atoms with E-state index >= 15 is 0 Å². The summed E-state index contributed by atoms with van der Waals surface area (Å²) in [7, 11) is 0. The second-order valence-electron chi connectivity index (χ2n) is 6.80. The Hall–Kier alpha value is -2.15. The quantitative estimate of drug-likeness (QED) is 0.859. The Morgan fingerprint density at radius 3 is 2.48 bits per heavy atom. The molecular formula is C18H26N4O3. The number of nitrogens with zero attached hydrogens (tertiary/aromatic N) is 4. The lowest BCUT2D eigenvalue weighted by molar-refractivity contribution is -0.142. The van der Waals surface area contributed by atoms with Crippen molar-refractivity contribution in [1.82, 2.24) is 14.8 Å². The molecular weight excluding hydrogens is 320 g/mol. The summed E-state index contributed by atoms with van der Waals surface area (Å²) in [5.41, 5.74) is 1.17. The summed E-state index contributed by atoms with van der Waals surface area (Å²) in [6.07, 6.45) is 6.42. The highest BCUT2D eigenvalue weighted by atomic mass is 16.4. The van der Waals surface area contributed by atoms with E-state index in [1.165, 1.54) is 5.69 Å². The number of carboxylic acids is 1. The summed E-state index contributed by atoms with van der Waals surface area (Å²) >= 11 is 0. The van der Waals surface area contributed by atoms with Gasteiger partial charge in [0.05, 0.1) is 13.0 Å². The Morgan fingerprint density at radius 1 is 1.08 bits per heavy atom. The molecule has 0 spiro atoms. The normalized spacial score (nSPS) is 22.0. The lowest BCUT2D eigenvalue weighted by Gasteiger charge is -2.39. The van der Waals surface area contributed by atoms with E-state index in [1.807, 2.05) is 12.1 Å². The van der Waals surface area contributed by atoms with E-state index in [2.05, 4.69) is 14.8 Å². The summed E-state index contributed by atoms with van der Waals surface area (Å²) in [4.78, 5) is 34.0. The van der Waals surface area contributed by atoms with Crippen molar-refractivity contribution in [3.8, 4) is 0 Å². The topological polar surface area (TPSA) is 77.0 Å². The molecule has 2 saturated heterocycles. The van der Waals surface area contributed by atoms with Crippen LogP contribution in [-0.4, -0.2) is 77.1 Å². The standard InChI is InChI=1S/C18H26N4O3/c23-17(22-8-2-1-3-16(22)13-18(24)25)14-20-9-11-21(12-10-20)15-4-6-19-7-5-15/h4-7,16H,1-3,8-14H2,(H,24,25). The number of hydrogen-bond donors (Lipinski definition) is 1. The number of pyridine rings is 1. The van der Waals surface area contributed by atoms with Gasteiger partial charge < -0.3 is 14.9 Å². The first-order chi connectivity index (χ1) is 12.1. The van der Waals surface area contributed by atoms with Crippen LogP contribution in [0.2, 0.25) is 0 Å². The number of carboxylic acid groups (broad SMARTS) is 1. The molecule has 0 aromatic carbocycles. The van der Waals surface area contributed by atoms with Crippen molar-refractivity contribution in [3.63, 3.8) is 0 Å². The largest absolute Gasteiger partial charge is 0.481 e. The zero-order valence-electron chi connectivity index (χ0n) is 14.5. The maximum absolute atomic E-state index is 12.7. The minimum Gasteiger partial charge on any atom is -0.481 e. The minimum absolute atomic E-state index is 0.0571. The second kappa shape index (κ2) is 8.29. The van der Waals surface area contributed by atoms with Crippen LogP contribution in [-0.2, 0) is 9.59 Å². The molecule has 1 amide bonds. The van der Waals surface area contributed by atoms with Crippen LogP contribution in [0.4, 0.5) is 5.69 Å². The smallest absolute Gasteiger partial charge is 0.305 e. The predicted molar refractivity (Wildman–Crippen MR) is 94.5 cm³/mol. The van der Waals surface area contributed by atoms with Gasteiger partial charge in [0.25, 0.3) is 0 Å². The summed E-state index contributed by atoms with van der Waals surface area (Å²) in [6.45, 7) is 4.52. The number of carbonyl (C=O) groups excluding carboxylic acids is 1. The van der Waals surface area contributed by atoms with E-state index in [1.54, 1.807) is 17.3 Å². The van der Waals surface area contributed by atoms with Crippen molar-refractivity contribution in [2.45, 2.75) is 31.7 Å². The molecule has 1 unspecified atom stereocenters. The Balaban J connectivity index is 1.51. The first-order valence-corrected chi connectivity index (χ1v) is 9.02. The number of amides is 1. The van der Waals surface area contributed by atoms with Gasteiger partial charge in [0.1, 0.15) is 0 Å². The van der Waals surface area contributed by atoms with Gasteiger partial charge in [0, 0.05) is 56.8 Å². The number of anilines is 1. The Bertz CT molecular complexity index is 587. The number of piperidine rings is 1. The van der Waals surface area contributed by atoms with Gasteiger partial charge >= 0.3 is 5.97 Å². The number of aliphatic carboxylic acids is 1. The summed E-state index contributed by atoms with van der Waals surface area (Å²) in [5, 5.41) is 9.07. The van der Waals surface area contributed by atoms with Gasteiger partial charge in [0.15, 0.2) is 0 Å². The van der Waals surface area contributed by atoms with Crippen LogP contribution in [0, 0.1) is 0 Å². The van der Waals surface area contributed by atoms with Crippen LogP contribution >= 0.6 is 0 Å². The fourth-order valence-electron chi connectivity index (χ4n) is 3.74. The zero-order chi connectivity index (χ0) is 17.6. The fraction of sp³-hybridized carbons (Fsp3) is 0.611. The molecule has 0 aliphatic carbocycles. The number of rotatable bonds is 5. The number of likely N-dealkylation sites (tertiary alicyclic amines) is 1. The number of hydrogen-bond acceptors (Lipinski definition) is 5. The number of piperazine rings is 1. The van der Waals surface area contributed by atoms with E-state index in [9.17, 15) is 9.59 Å². The molecule has 0 bridgehead atoms. The molecule has 2 aliphatic rings. The first-order valence-electron chi connectivity index (χ1n) is 9.02. The van der Waals surface area contributed by atoms with Crippen LogP contribution in [0.15, 0.2) is 24.5 Å². The third-order valence-electron chi connectivity index (χ3n) is 5.12. The van der Waals surface area contributed by atoms with Crippen molar-refractivity contribution >= 4 is 17.6 Å². The number of carbonyl (C=O) groups is 2. The van der Waals surface area contributed by atoms with Crippen LogP contribution in [0.5, 0.6) is 0 Å². The molecule has 0 radical (unpaired) electrons. The molecule has 136 valence electrons. The van der Waals surface area contributed by atoms with E-state index in [0.29, 0.717) is 13.1 Å². The van der Waals surface area contributed by atoms with Gasteiger partial charge in [-0.3, -0.25) is 19.5 Å². The molecule has 1 aromatic rings. The average Bonchev–Trinajstić information content (AvgIpc) is 2.63. The van der Waals surface area contributed by atoms with Crippen molar-refractivity contribution in [2.24, 2.45) is 0 Å². The fourth-order valence-corrected chi connectivity index (χ4v) is 3.74. The van der Waals surface area contributed by atoms with Gasteiger partial charge in [0.2, 0.25) is 5.91 Å². The number of aromatic nitrogens is 1. The molecule has 25 heavy (non-hydrogen) atoms. The molecule has 2 fully saturated rings. The lowest BCUT2D eigenvalue weighted by atomic mass is 9.99.